The van der Waals surface area contributed by atoms with Gasteiger partial charge in [0, 0.05) is 42.5 Å². The van der Waals surface area contributed by atoms with Gasteiger partial charge in [-0.25, -0.2) is 8.42 Å². The lowest BCUT2D eigenvalue weighted by atomic mass is 10.1. The Bertz CT molecular complexity index is 1020. The average molecular weight is 488 g/mol. The molecule has 3 rings (SSSR count). The fourth-order valence-electron chi connectivity index (χ4n) is 3.57. The predicted molar refractivity (Wildman–Crippen MR) is 119 cm³/mol. The number of nitrogens with one attached hydrogen (secondary N) is 1. The van der Waals surface area contributed by atoms with Crippen molar-refractivity contribution in [1.82, 2.24) is 14.5 Å². The number of alkyl halides is 2. The van der Waals surface area contributed by atoms with Crippen molar-refractivity contribution in [1.29, 1.82) is 0 Å². The molecule has 7 nitrogen and oxygen atoms in total. The lowest BCUT2D eigenvalue weighted by Crippen LogP contribution is -2.51. The second-order valence-electron chi connectivity index (χ2n) is 7.58. The van der Waals surface area contributed by atoms with Gasteiger partial charge < -0.3 is 10.1 Å². The molecule has 1 N–H and O–H groups in total. The van der Waals surface area contributed by atoms with Crippen LogP contribution < -0.4 is 10.1 Å². The topological polar surface area (TPSA) is 79.0 Å². The van der Waals surface area contributed by atoms with E-state index in [1.165, 1.54) is 27.8 Å². The third-order valence-corrected chi connectivity index (χ3v) is 8.32. The Kier molecular flexibility index (Phi) is 8.21. The van der Waals surface area contributed by atoms with E-state index < -0.39 is 16.6 Å². The number of sulfonamides is 1. The molecule has 1 aliphatic rings. The van der Waals surface area contributed by atoms with E-state index in [2.05, 4.69) is 10.1 Å². The molecule has 0 bridgehead atoms. The van der Waals surface area contributed by atoms with Crippen molar-refractivity contribution in [3.05, 3.63) is 45.6 Å². The number of piperazine rings is 1. The quantitative estimate of drug-likeness (QED) is 0.588. The van der Waals surface area contributed by atoms with Crippen molar-refractivity contribution in [2.75, 3.05) is 39.3 Å². The summed E-state index contributed by atoms with van der Waals surface area (Å²) >= 11 is 1.47. The molecule has 1 aromatic carbocycles. The highest BCUT2D eigenvalue weighted by atomic mass is 32.2. The maximum atomic E-state index is 12.9. The Morgan fingerprint density at radius 2 is 1.81 bits per heavy atom. The van der Waals surface area contributed by atoms with Crippen molar-refractivity contribution in [2.45, 2.75) is 31.8 Å². The van der Waals surface area contributed by atoms with Gasteiger partial charge in [0.25, 0.3) is 0 Å². The van der Waals surface area contributed by atoms with Gasteiger partial charge in [0.1, 0.15) is 5.75 Å². The molecule has 0 unspecified atom stereocenters. The van der Waals surface area contributed by atoms with E-state index in [-0.39, 0.29) is 18.2 Å². The Balaban J connectivity index is 1.40. The molecule has 1 aliphatic heterocycles. The van der Waals surface area contributed by atoms with Crippen LogP contribution in [0.2, 0.25) is 0 Å². The van der Waals surface area contributed by atoms with E-state index in [1.54, 1.807) is 18.2 Å². The maximum Gasteiger partial charge on any atom is 0.387 e. The first-order valence-electron chi connectivity index (χ1n) is 10.2. The summed E-state index contributed by atoms with van der Waals surface area (Å²) in [5.74, 6) is -0.0403. The summed E-state index contributed by atoms with van der Waals surface area (Å²) in [4.78, 5) is 16.3. The van der Waals surface area contributed by atoms with Gasteiger partial charge in [-0.05, 0) is 44.0 Å². The van der Waals surface area contributed by atoms with Crippen LogP contribution in [0.25, 0.3) is 0 Å². The van der Waals surface area contributed by atoms with Gasteiger partial charge in [-0.15, -0.1) is 11.3 Å². The molecule has 0 atom stereocenters. The van der Waals surface area contributed by atoms with Gasteiger partial charge in [-0.3, -0.25) is 9.69 Å². The van der Waals surface area contributed by atoms with Crippen molar-refractivity contribution < 1.29 is 26.7 Å². The van der Waals surface area contributed by atoms with Crippen LogP contribution in [0.4, 0.5) is 8.78 Å². The molecule has 2 aromatic rings. The average Bonchev–Trinajstić information content (AvgIpc) is 3.08. The zero-order valence-electron chi connectivity index (χ0n) is 18.0. The lowest BCUT2D eigenvalue weighted by Gasteiger charge is -2.33. The van der Waals surface area contributed by atoms with E-state index in [0.717, 1.165) is 15.3 Å². The molecule has 1 fully saturated rings. The van der Waals surface area contributed by atoms with E-state index >= 15 is 0 Å². The number of aryl methyl sites for hydroxylation is 2. The molecule has 1 saturated heterocycles. The number of amides is 1. The number of thiophene rings is 1. The molecule has 0 spiro atoms. The van der Waals surface area contributed by atoms with Gasteiger partial charge in [0.05, 0.1) is 11.4 Å². The molecule has 0 saturated carbocycles. The number of benzene rings is 1. The van der Waals surface area contributed by atoms with Crippen molar-refractivity contribution in [2.24, 2.45) is 0 Å². The number of hydrogen-bond donors (Lipinski definition) is 1. The van der Waals surface area contributed by atoms with E-state index in [1.807, 2.05) is 18.7 Å². The minimum Gasteiger partial charge on any atom is -0.435 e. The molecule has 32 heavy (non-hydrogen) atoms. The molecule has 11 heteroatoms. The molecule has 0 radical (unpaired) electrons. The summed E-state index contributed by atoms with van der Waals surface area (Å²) in [7, 11) is -3.51. The summed E-state index contributed by atoms with van der Waals surface area (Å²) < 4.78 is 55.9. The number of ether oxygens (including phenoxy) is 1. The third kappa shape index (κ3) is 6.47. The standard InChI is InChI=1S/C21H27F2N3O4S2/c1-15-13-19(16(2)31-15)32(28,29)26-11-9-25(10-12-26)14-20(27)24-8-7-17-3-5-18(6-4-17)30-21(22)23/h3-6,13,21H,7-12,14H2,1-2H3,(H,24,27). The van der Waals surface area contributed by atoms with Crippen LogP contribution in [0.1, 0.15) is 15.3 Å². The molecule has 1 amide bonds. The maximum absolute atomic E-state index is 12.9. The Hall–Kier alpha value is -2.08. The van der Waals surface area contributed by atoms with Gasteiger partial charge in [-0.1, -0.05) is 12.1 Å². The minimum absolute atomic E-state index is 0.0956. The smallest absolute Gasteiger partial charge is 0.387 e. The summed E-state index contributed by atoms with van der Waals surface area (Å²) in [5.41, 5.74) is 0.893. The zero-order valence-corrected chi connectivity index (χ0v) is 19.6. The number of hydrogen-bond acceptors (Lipinski definition) is 6. The molecule has 0 aliphatic carbocycles. The highest BCUT2D eigenvalue weighted by molar-refractivity contribution is 7.89. The SMILES string of the molecule is Cc1cc(S(=O)(=O)N2CCN(CC(=O)NCCc3ccc(OC(F)F)cc3)CC2)c(C)s1. The van der Waals surface area contributed by atoms with Crippen LogP contribution in [-0.4, -0.2) is 69.4 Å². The highest BCUT2D eigenvalue weighted by Gasteiger charge is 2.30. The normalized spacial score (nSPS) is 15.8. The highest BCUT2D eigenvalue weighted by Crippen LogP contribution is 2.28. The second kappa shape index (κ2) is 10.7. The molecular weight excluding hydrogens is 460 g/mol. The van der Waals surface area contributed by atoms with Gasteiger partial charge >= 0.3 is 6.61 Å². The largest absolute Gasteiger partial charge is 0.435 e. The number of nitrogens with zero attached hydrogens (tertiary/aromatic N) is 2. The second-order valence-corrected chi connectivity index (χ2v) is 10.9. The first-order chi connectivity index (χ1) is 15.1. The van der Waals surface area contributed by atoms with Crippen LogP contribution in [0.15, 0.2) is 35.2 Å². The number of carbonyl (C=O) groups excluding carboxylic acids is 1. The first-order valence-corrected chi connectivity index (χ1v) is 12.5. The minimum atomic E-state index is -3.51. The van der Waals surface area contributed by atoms with Crippen molar-refractivity contribution in [3.63, 3.8) is 0 Å². The van der Waals surface area contributed by atoms with E-state index in [9.17, 15) is 22.0 Å². The van der Waals surface area contributed by atoms with Crippen molar-refractivity contribution >= 4 is 27.3 Å². The van der Waals surface area contributed by atoms with Crippen LogP contribution in [0.5, 0.6) is 5.75 Å². The van der Waals surface area contributed by atoms with Crippen LogP contribution in [0, 0.1) is 13.8 Å². The van der Waals surface area contributed by atoms with E-state index in [0.29, 0.717) is 44.0 Å². The predicted octanol–water partition coefficient (Wildman–Crippen LogP) is 2.63. The summed E-state index contributed by atoms with van der Waals surface area (Å²) in [6.45, 7) is 3.13. The first kappa shape index (κ1) is 24.6. The Morgan fingerprint density at radius 3 is 2.38 bits per heavy atom. The molecular formula is C21H27F2N3O4S2. The number of rotatable bonds is 9. The van der Waals surface area contributed by atoms with E-state index in [4.69, 9.17) is 0 Å². The molecule has 2 heterocycles. The Morgan fingerprint density at radius 1 is 1.16 bits per heavy atom. The third-order valence-electron chi connectivity index (χ3n) is 5.20. The molecule has 176 valence electrons. The van der Waals surface area contributed by atoms with Crippen LogP contribution in [-0.2, 0) is 21.2 Å². The number of halogens is 2. The summed E-state index contributed by atoms with van der Waals surface area (Å²) in [5, 5.41) is 2.84. The summed E-state index contributed by atoms with van der Waals surface area (Å²) in [6.07, 6.45) is 0.562. The van der Waals surface area contributed by atoms with Gasteiger partial charge in [0.2, 0.25) is 15.9 Å². The van der Waals surface area contributed by atoms with Crippen molar-refractivity contribution in [3.8, 4) is 5.75 Å². The molecule has 1 aromatic heterocycles. The number of carbonyl (C=O) groups is 1. The van der Waals surface area contributed by atoms with Gasteiger partial charge in [0.15, 0.2) is 0 Å². The summed E-state index contributed by atoms with van der Waals surface area (Å²) in [6, 6.07) is 8.01. The van der Waals surface area contributed by atoms with Gasteiger partial charge in [-0.2, -0.15) is 13.1 Å². The lowest BCUT2D eigenvalue weighted by molar-refractivity contribution is -0.122. The van der Waals surface area contributed by atoms with Crippen LogP contribution in [0.3, 0.4) is 0 Å². The zero-order chi connectivity index (χ0) is 23.3. The fraction of sp³-hybridized carbons (Fsp3) is 0.476. The fourth-order valence-corrected chi connectivity index (χ4v) is 6.52. The Labute approximate surface area is 191 Å². The van der Waals surface area contributed by atoms with Crippen LogP contribution >= 0.6 is 11.3 Å². The monoisotopic (exact) mass is 487 g/mol.